The molecule has 0 unspecified atom stereocenters. The third kappa shape index (κ3) is 2.54. The Hall–Kier alpha value is -1.03. The molecule has 0 aliphatic heterocycles. The van der Waals surface area contributed by atoms with E-state index in [1.54, 1.807) is 19.1 Å². The summed E-state index contributed by atoms with van der Waals surface area (Å²) >= 11 is 0. The van der Waals surface area contributed by atoms with Crippen LogP contribution in [0.4, 0.5) is 0 Å². The molecule has 0 bridgehead atoms. The maximum atomic E-state index is 10.3. The Morgan fingerprint density at radius 3 is 2.50 bits per heavy atom. The van der Waals surface area contributed by atoms with Crippen molar-refractivity contribution in [2.75, 3.05) is 0 Å². The highest BCUT2D eigenvalue weighted by atomic mass is 32.2. The standard InChI is InChI=1S/C8H10O3S/c1-6-2-7(5-12(10)11)4-8(9)3-6/h2-4,9,12H,5H2,1H3. The van der Waals surface area contributed by atoms with Crippen LogP contribution >= 0.6 is 0 Å². The lowest BCUT2D eigenvalue weighted by atomic mass is 10.1. The molecule has 0 aromatic heterocycles. The highest BCUT2D eigenvalue weighted by Crippen LogP contribution is 2.15. The summed E-state index contributed by atoms with van der Waals surface area (Å²) in [5, 5.41) is 9.11. The first kappa shape index (κ1) is 9.06. The van der Waals surface area contributed by atoms with E-state index in [0.717, 1.165) is 5.56 Å². The molecule has 1 aromatic carbocycles. The highest BCUT2D eigenvalue weighted by Gasteiger charge is 1.97. The van der Waals surface area contributed by atoms with Crippen LogP contribution in [0, 0.1) is 6.92 Å². The van der Waals surface area contributed by atoms with Gasteiger partial charge < -0.3 is 5.11 Å². The van der Waals surface area contributed by atoms with E-state index >= 15 is 0 Å². The van der Waals surface area contributed by atoms with Crippen LogP contribution in [0.25, 0.3) is 0 Å². The molecule has 1 rings (SSSR count). The molecule has 0 heterocycles. The molecule has 0 atom stereocenters. The summed E-state index contributed by atoms with van der Waals surface area (Å²) in [7, 11) is -2.41. The molecular weight excluding hydrogens is 176 g/mol. The maximum Gasteiger partial charge on any atom is 0.144 e. The van der Waals surface area contributed by atoms with Crippen LogP contribution in [-0.4, -0.2) is 13.5 Å². The molecule has 0 saturated heterocycles. The first-order chi connectivity index (χ1) is 5.58. The quantitative estimate of drug-likeness (QED) is 0.672. The van der Waals surface area contributed by atoms with Crippen molar-refractivity contribution in [2.24, 2.45) is 0 Å². The van der Waals surface area contributed by atoms with Crippen LogP contribution in [0.15, 0.2) is 18.2 Å². The topological polar surface area (TPSA) is 54.4 Å². The van der Waals surface area contributed by atoms with E-state index in [9.17, 15) is 8.42 Å². The van der Waals surface area contributed by atoms with Gasteiger partial charge in [-0.05, 0) is 30.2 Å². The number of phenols is 1. The number of rotatable bonds is 2. The second kappa shape index (κ2) is 3.58. The van der Waals surface area contributed by atoms with Crippen molar-refractivity contribution in [3.05, 3.63) is 29.3 Å². The number of phenolic OH excluding ortho intramolecular Hbond substituents is 1. The van der Waals surface area contributed by atoms with Gasteiger partial charge in [0.15, 0.2) is 0 Å². The van der Waals surface area contributed by atoms with E-state index < -0.39 is 10.7 Å². The monoisotopic (exact) mass is 186 g/mol. The van der Waals surface area contributed by atoms with Crippen LogP contribution in [0.2, 0.25) is 0 Å². The number of aromatic hydroxyl groups is 1. The van der Waals surface area contributed by atoms with Gasteiger partial charge in [-0.1, -0.05) is 6.07 Å². The van der Waals surface area contributed by atoms with Gasteiger partial charge in [-0.2, -0.15) is 0 Å². The molecular formula is C8H10O3S. The van der Waals surface area contributed by atoms with E-state index in [-0.39, 0.29) is 11.5 Å². The van der Waals surface area contributed by atoms with Gasteiger partial charge >= 0.3 is 0 Å². The van der Waals surface area contributed by atoms with E-state index in [4.69, 9.17) is 5.11 Å². The van der Waals surface area contributed by atoms with Gasteiger partial charge in [-0.25, -0.2) is 8.42 Å². The van der Waals surface area contributed by atoms with Crippen molar-refractivity contribution in [3.8, 4) is 5.75 Å². The van der Waals surface area contributed by atoms with Crippen molar-refractivity contribution in [2.45, 2.75) is 12.7 Å². The molecule has 4 heteroatoms. The second-order valence-electron chi connectivity index (χ2n) is 2.67. The molecule has 0 aliphatic carbocycles. The number of benzene rings is 1. The molecule has 0 amide bonds. The molecule has 66 valence electrons. The van der Waals surface area contributed by atoms with Crippen LogP contribution in [0.1, 0.15) is 11.1 Å². The average molecular weight is 186 g/mol. The zero-order valence-electron chi connectivity index (χ0n) is 6.65. The summed E-state index contributed by atoms with van der Waals surface area (Å²) < 4.78 is 20.7. The SMILES string of the molecule is Cc1cc(O)cc(C[SH](=O)=O)c1. The minimum atomic E-state index is -2.41. The van der Waals surface area contributed by atoms with Crippen LogP contribution in [0.5, 0.6) is 5.75 Å². The molecule has 1 N–H and O–H groups in total. The summed E-state index contributed by atoms with van der Waals surface area (Å²) in [6, 6.07) is 4.78. The molecule has 0 spiro atoms. The van der Waals surface area contributed by atoms with Crippen molar-refractivity contribution in [1.29, 1.82) is 0 Å². The fraction of sp³-hybridized carbons (Fsp3) is 0.250. The van der Waals surface area contributed by atoms with Gasteiger partial charge in [0.25, 0.3) is 0 Å². The first-order valence-corrected chi connectivity index (χ1v) is 4.85. The third-order valence-corrected chi connectivity index (χ3v) is 2.06. The van der Waals surface area contributed by atoms with E-state index in [1.807, 2.05) is 0 Å². The number of hydrogen-bond donors (Lipinski definition) is 2. The Balaban J connectivity index is 3.00. The summed E-state index contributed by atoms with van der Waals surface area (Å²) in [4.78, 5) is 0. The Kier molecular flexibility index (Phi) is 2.70. The fourth-order valence-electron chi connectivity index (χ4n) is 1.08. The van der Waals surface area contributed by atoms with Gasteiger partial charge in [0.2, 0.25) is 0 Å². The first-order valence-electron chi connectivity index (χ1n) is 3.49. The summed E-state index contributed by atoms with van der Waals surface area (Å²) in [5.41, 5.74) is 1.49. The molecule has 3 nitrogen and oxygen atoms in total. The molecule has 12 heavy (non-hydrogen) atoms. The van der Waals surface area contributed by atoms with Gasteiger partial charge in [0.1, 0.15) is 16.5 Å². The largest absolute Gasteiger partial charge is 0.508 e. The Labute approximate surface area is 72.6 Å². The summed E-state index contributed by atoms with van der Waals surface area (Å²) in [6.45, 7) is 1.81. The predicted molar refractivity (Wildman–Crippen MR) is 46.9 cm³/mol. The Bertz CT molecular complexity index is 327. The van der Waals surface area contributed by atoms with Gasteiger partial charge in [-0.3, -0.25) is 0 Å². The minimum absolute atomic E-state index is 0.00935. The van der Waals surface area contributed by atoms with Crippen LogP contribution in [0.3, 0.4) is 0 Å². The summed E-state index contributed by atoms with van der Waals surface area (Å²) in [5.74, 6) is 0.103. The second-order valence-corrected chi connectivity index (χ2v) is 3.65. The predicted octanol–water partition coefficient (Wildman–Crippen LogP) is 0.812. The summed E-state index contributed by atoms with van der Waals surface area (Å²) in [6.07, 6.45) is 0. The van der Waals surface area contributed by atoms with Crippen molar-refractivity contribution in [1.82, 2.24) is 0 Å². The van der Waals surface area contributed by atoms with Crippen LogP contribution < -0.4 is 0 Å². The molecule has 0 fully saturated rings. The molecule has 0 aliphatic rings. The molecule has 0 radical (unpaired) electrons. The average Bonchev–Trinajstić information content (AvgIpc) is 1.81. The molecule has 1 aromatic rings. The van der Waals surface area contributed by atoms with E-state index in [0.29, 0.717) is 5.56 Å². The van der Waals surface area contributed by atoms with Crippen molar-refractivity contribution >= 4 is 10.7 Å². The van der Waals surface area contributed by atoms with Gasteiger partial charge in [-0.15, -0.1) is 0 Å². The normalized spacial score (nSPS) is 10.5. The number of aryl methyl sites for hydroxylation is 1. The lowest BCUT2D eigenvalue weighted by Crippen LogP contribution is -1.87. The van der Waals surface area contributed by atoms with Gasteiger partial charge in [0, 0.05) is 0 Å². The smallest absolute Gasteiger partial charge is 0.144 e. The number of thiol groups is 1. The van der Waals surface area contributed by atoms with E-state index in [2.05, 4.69) is 0 Å². The molecule has 0 saturated carbocycles. The Morgan fingerprint density at radius 2 is 2.00 bits per heavy atom. The van der Waals surface area contributed by atoms with Crippen molar-refractivity contribution < 1.29 is 13.5 Å². The zero-order chi connectivity index (χ0) is 9.14. The van der Waals surface area contributed by atoms with Crippen LogP contribution in [-0.2, 0) is 16.5 Å². The lowest BCUT2D eigenvalue weighted by molar-refractivity contribution is 0.474. The van der Waals surface area contributed by atoms with E-state index in [1.165, 1.54) is 6.07 Å². The van der Waals surface area contributed by atoms with Crippen molar-refractivity contribution in [3.63, 3.8) is 0 Å². The lowest BCUT2D eigenvalue weighted by Gasteiger charge is -1.99. The zero-order valence-corrected chi connectivity index (χ0v) is 7.54. The fourth-order valence-corrected chi connectivity index (χ4v) is 1.56. The highest BCUT2D eigenvalue weighted by molar-refractivity contribution is 7.71. The Morgan fingerprint density at radius 1 is 1.33 bits per heavy atom. The number of hydrogen-bond acceptors (Lipinski definition) is 3. The third-order valence-electron chi connectivity index (χ3n) is 1.43. The van der Waals surface area contributed by atoms with Gasteiger partial charge in [0.05, 0.1) is 5.75 Å². The maximum absolute atomic E-state index is 10.3. The minimum Gasteiger partial charge on any atom is -0.508 e.